The maximum atomic E-state index is 12.8. The van der Waals surface area contributed by atoms with Gasteiger partial charge in [-0.05, 0) is 63.6 Å². The summed E-state index contributed by atoms with van der Waals surface area (Å²) < 4.78 is 38.3. The molecule has 0 radical (unpaired) electrons. The minimum Gasteiger partial charge on any atom is -0.380 e. The third kappa shape index (κ3) is 5.24. The van der Waals surface area contributed by atoms with E-state index in [1.54, 1.807) is 18.2 Å². The maximum Gasteiger partial charge on any atom is 0.416 e. The first-order chi connectivity index (χ1) is 11.5. The van der Waals surface area contributed by atoms with Gasteiger partial charge in [0.2, 0.25) is 0 Å². The van der Waals surface area contributed by atoms with Gasteiger partial charge in [0.25, 0.3) is 5.91 Å². The largest absolute Gasteiger partial charge is 0.416 e. The summed E-state index contributed by atoms with van der Waals surface area (Å²) in [5, 5.41) is 5.82. The molecule has 0 aliphatic heterocycles. The SMILES string of the molecule is Cc1ccc(C(=O)Nc2cccc(C(F)(F)F)c2)cc1NC(C)(C)C. The summed E-state index contributed by atoms with van der Waals surface area (Å²) in [6.07, 6.45) is -4.45. The number of nitrogens with one attached hydrogen (secondary N) is 2. The molecule has 0 fully saturated rings. The van der Waals surface area contributed by atoms with Crippen molar-refractivity contribution in [2.24, 2.45) is 0 Å². The monoisotopic (exact) mass is 350 g/mol. The predicted octanol–water partition coefficient (Wildman–Crippen LogP) is 5.48. The Balaban J connectivity index is 2.23. The number of hydrogen-bond acceptors (Lipinski definition) is 2. The van der Waals surface area contributed by atoms with Crippen LogP contribution in [0.3, 0.4) is 0 Å². The quantitative estimate of drug-likeness (QED) is 0.770. The molecule has 0 bridgehead atoms. The van der Waals surface area contributed by atoms with Gasteiger partial charge in [-0.2, -0.15) is 13.2 Å². The van der Waals surface area contributed by atoms with Crippen molar-refractivity contribution >= 4 is 17.3 Å². The number of hydrogen-bond donors (Lipinski definition) is 2. The fourth-order valence-corrected chi connectivity index (χ4v) is 2.28. The predicted molar refractivity (Wildman–Crippen MR) is 94.0 cm³/mol. The summed E-state index contributed by atoms with van der Waals surface area (Å²) >= 11 is 0. The molecule has 2 aromatic carbocycles. The normalized spacial score (nSPS) is 12.0. The molecule has 0 aliphatic carbocycles. The average molecular weight is 350 g/mol. The van der Waals surface area contributed by atoms with Crippen molar-refractivity contribution in [3.8, 4) is 0 Å². The van der Waals surface area contributed by atoms with Gasteiger partial charge in [-0.15, -0.1) is 0 Å². The highest BCUT2D eigenvalue weighted by Crippen LogP contribution is 2.31. The van der Waals surface area contributed by atoms with E-state index in [1.807, 2.05) is 27.7 Å². The lowest BCUT2D eigenvalue weighted by Gasteiger charge is -2.24. The van der Waals surface area contributed by atoms with Crippen molar-refractivity contribution < 1.29 is 18.0 Å². The minimum absolute atomic E-state index is 0.103. The van der Waals surface area contributed by atoms with E-state index in [0.29, 0.717) is 5.56 Å². The van der Waals surface area contributed by atoms with Crippen molar-refractivity contribution in [1.82, 2.24) is 0 Å². The molecule has 0 aliphatic rings. The zero-order valence-electron chi connectivity index (χ0n) is 14.6. The number of amides is 1. The Morgan fingerprint density at radius 3 is 2.28 bits per heavy atom. The van der Waals surface area contributed by atoms with Crippen molar-refractivity contribution in [2.75, 3.05) is 10.6 Å². The molecule has 0 saturated heterocycles. The Morgan fingerprint density at radius 1 is 1.00 bits per heavy atom. The molecule has 0 heterocycles. The number of carbonyl (C=O) groups is 1. The van der Waals surface area contributed by atoms with E-state index in [2.05, 4.69) is 10.6 Å². The molecule has 0 saturated carbocycles. The maximum absolute atomic E-state index is 12.8. The number of halogens is 3. The molecule has 2 N–H and O–H groups in total. The second-order valence-electron chi connectivity index (χ2n) is 6.94. The summed E-state index contributed by atoms with van der Waals surface area (Å²) in [6.45, 7) is 7.92. The van der Waals surface area contributed by atoms with Gasteiger partial charge in [-0.25, -0.2) is 0 Å². The lowest BCUT2D eigenvalue weighted by molar-refractivity contribution is -0.137. The Morgan fingerprint density at radius 2 is 1.68 bits per heavy atom. The van der Waals surface area contributed by atoms with Gasteiger partial charge < -0.3 is 10.6 Å². The second-order valence-corrected chi connectivity index (χ2v) is 6.94. The molecule has 0 spiro atoms. The number of anilines is 2. The topological polar surface area (TPSA) is 41.1 Å². The standard InChI is InChI=1S/C19H21F3N2O/c1-12-8-9-13(10-16(12)24-18(2,3)4)17(25)23-15-7-5-6-14(11-15)19(20,21)22/h5-11,24H,1-4H3,(H,23,25). The first-order valence-corrected chi connectivity index (χ1v) is 7.83. The van der Waals surface area contributed by atoms with Crippen LogP contribution in [0, 0.1) is 6.92 Å². The lowest BCUT2D eigenvalue weighted by atomic mass is 10.0. The highest BCUT2D eigenvalue weighted by Gasteiger charge is 2.30. The molecule has 6 heteroatoms. The van der Waals surface area contributed by atoms with Crippen LogP contribution in [-0.4, -0.2) is 11.4 Å². The zero-order chi connectivity index (χ0) is 18.8. The highest BCUT2D eigenvalue weighted by molar-refractivity contribution is 6.05. The number of alkyl halides is 3. The Hall–Kier alpha value is -2.50. The number of aryl methyl sites for hydroxylation is 1. The van der Waals surface area contributed by atoms with Crippen LogP contribution in [0.25, 0.3) is 0 Å². The van der Waals surface area contributed by atoms with Gasteiger partial charge in [0, 0.05) is 22.5 Å². The van der Waals surface area contributed by atoms with Crippen LogP contribution in [0.4, 0.5) is 24.5 Å². The lowest BCUT2D eigenvalue weighted by Crippen LogP contribution is -2.26. The van der Waals surface area contributed by atoms with Gasteiger partial charge >= 0.3 is 6.18 Å². The van der Waals surface area contributed by atoms with E-state index in [0.717, 1.165) is 23.4 Å². The fraction of sp³-hybridized carbons (Fsp3) is 0.316. The third-order valence-electron chi connectivity index (χ3n) is 3.46. The van der Waals surface area contributed by atoms with E-state index >= 15 is 0 Å². The van der Waals surface area contributed by atoms with Crippen LogP contribution >= 0.6 is 0 Å². The van der Waals surface area contributed by atoms with Crippen LogP contribution in [-0.2, 0) is 6.18 Å². The number of benzene rings is 2. The molecule has 2 aromatic rings. The van der Waals surface area contributed by atoms with Gasteiger partial charge in [-0.1, -0.05) is 12.1 Å². The Bertz CT molecular complexity index is 777. The molecule has 3 nitrogen and oxygen atoms in total. The zero-order valence-corrected chi connectivity index (χ0v) is 14.6. The van der Waals surface area contributed by atoms with Gasteiger partial charge in [-0.3, -0.25) is 4.79 Å². The van der Waals surface area contributed by atoms with Crippen LogP contribution in [0.15, 0.2) is 42.5 Å². The van der Waals surface area contributed by atoms with Gasteiger partial charge in [0.05, 0.1) is 5.56 Å². The first kappa shape index (κ1) is 18.8. The van der Waals surface area contributed by atoms with E-state index < -0.39 is 17.6 Å². The molecule has 1 amide bonds. The Labute approximate surface area is 145 Å². The van der Waals surface area contributed by atoms with Crippen molar-refractivity contribution in [1.29, 1.82) is 0 Å². The summed E-state index contributed by atoms with van der Waals surface area (Å²) in [6, 6.07) is 9.72. The van der Waals surface area contributed by atoms with Crippen LogP contribution in [0.1, 0.15) is 42.3 Å². The second kappa shape index (κ2) is 6.78. The highest BCUT2D eigenvalue weighted by atomic mass is 19.4. The molecular weight excluding hydrogens is 329 g/mol. The van der Waals surface area contributed by atoms with Crippen LogP contribution in [0.5, 0.6) is 0 Å². The van der Waals surface area contributed by atoms with Crippen molar-refractivity contribution in [3.05, 3.63) is 59.2 Å². The molecule has 25 heavy (non-hydrogen) atoms. The summed E-state index contributed by atoms with van der Waals surface area (Å²) in [4.78, 5) is 12.4. The number of rotatable bonds is 3. The molecule has 0 atom stereocenters. The van der Waals surface area contributed by atoms with E-state index in [9.17, 15) is 18.0 Å². The first-order valence-electron chi connectivity index (χ1n) is 7.83. The summed E-state index contributed by atoms with van der Waals surface area (Å²) in [7, 11) is 0. The fourth-order valence-electron chi connectivity index (χ4n) is 2.28. The van der Waals surface area contributed by atoms with Crippen LogP contribution in [0.2, 0.25) is 0 Å². The molecule has 2 rings (SSSR count). The van der Waals surface area contributed by atoms with Crippen molar-refractivity contribution in [3.63, 3.8) is 0 Å². The smallest absolute Gasteiger partial charge is 0.380 e. The molecule has 0 unspecified atom stereocenters. The Kier molecular flexibility index (Phi) is 5.11. The van der Waals surface area contributed by atoms with Crippen molar-refractivity contribution in [2.45, 2.75) is 39.4 Å². The third-order valence-corrected chi connectivity index (χ3v) is 3.46. The van der Waals surface area contributed by atoms with Gasteiger partial charge in [0.1, 0.15) is 0 Å². The van der Waals surface area contributed by atoms with E-state index in [4.69, 9.17) is 0 Å². The summed E-state index contributed by atoms with van der Waals surface area (Å²) in [5.74, 6) is -0.462. The van der Waals surface area contributed by atoms with E-state index in [1.165, 1.54) is 12.1 Å². The van der Waals surface area contributed by atoms with Gasteiger partial charge in [0.15, 0.2) is 0 Å². The molecule has 134 valence electrons. The molecule has 0 aromatic heterocycles. The summed E-state index contributed by atoms with van der Waals surface area (Å²) in [5.41, 5.74) is 1.28. The van der Waals surface area contributed by atoms with Crippen LogP contribution < -0.4 is 10.6 Å². The number of carbonyl (C=O) groups excluding carboxylic acids is 1. The molecular formula is C19H21F3N2O. The average Bonchev–Trinajstić information content (AvgIpc) is 2.47. The minimum atomic E-state index is -4.45. The van der Waals surface area contributed by atoms with E-state index in [-0.39, 0.29) is 11.2 Å².